The topological polar surface area (TPSA) is 37.8 Å². The lowest BCUT2D eigenvalue weighted by atomic mass is 10.3. The Morgan fingerprint density at radius 2 is 2.53 bits per heavy atom. The highest BCUT2D eigenvalue weighted by atomic mass is 32.2. The van der Waals surface area contributed by atoms with E-state index in [9.17, 15) is 0 Å². The minimum absolute atomic E-state index is 0.669. The highest BCUT2D eigenvalue weighted by Crippen LogP contribution is 2.20. The van der Waals surface area contributed by atoms with Crippen molar-refractivity contribution in [1.82, 2.24) is 15.3 Å². The first-order valence-corrected chi connectivity index (χ1v) is 7.33. The van der Waals surface area contributed by atoms with Crippen molar-refractivity contribution in [3.05, 3.63) is 12.3 Å². The fraction of sp³-hybridized carbons (Fsp3) is 0.600. The summed E-state index contributed by atoms with van der Waals surface area (Å²) in [4.78, 5) is 8.60. The Balaban J connectivity index is 1.86. The normalized spacial score (nSPS) is 20.7. The average molecular weight is 241 g/mol. The first-order valence-electron chi connectivity index (χ1n) is 5.11. The summed E-state index contributed by atoms with van der Waals surface area (Å²) in [5, 5.41) is 5.43. The monoisotopic (exact) mass is 241 g/mol. The molecule has 0 saturated carbocycles. The summed E-state index contributed by atoms with van der Waals surface area (Å²) in [6.45, 7) is 1.17. The summed E-state index contributed by atoms with van der Waals surface area (Å²) < 4.78 is 0. The molecule has 1 aliphatic heterocycles. The maximum absolute atomic E-state index is 4.44. The first-order chi connectivity index (χ1) is 7.38. The van der Waals surface area contributed by atoms with Crippen molar-refractivity contribution in [2.75, 3.05) is 18.6 Å². The molecule has 0 spiro atoms. The molecule has 3 nitrogen and oxygen atoms in total. The van der Waals surface area contributed by atoms with Gasteiger partial charge in [0.05, 0.1) is 0 Å². The van der Waals surface area contributed by atoms with Gasteiger partial charge < -0.3 is 5.32 Å². The van der Waals surface area contributed by atoms with Gasteiger partial charge in [-0.2, -0.15) is 0 Å². The second kappa shape index (κ2) is 5.72. The predicted molar refractivity (Wildman–Crippen MR) is 65.6 cm³/mol. The van der Waals surface area contributed by atoms with Gasteiger partial charge in [-0.1, -0.05) is 11.8 Å². The number of nitrogens with one attached hydrogen (secondary N) is 1. The molecule has 82 valence electrons. The largest absolute Gasteiger partial charge is 0.313 e. The number of thioether (sulfide) groups is 2. The second-order valence-corrected chi connectivity index (χ2v) is 5.30. The van der Waals surface area contributed by atoms with E-state index in [4.69, 9.17) is 0 Å². The van der Waals surface area contributed by atoms with Gasteiger partial charge in [0, 0.05) is 18.0 Å². The van der Waals surface area contributed by atoms with E-state index in [2.05, 4.69) is 15.3 Å². The fourth-order valence-corrected chi connectivity index (χ4v) is 2.97. The number of rotatable bonds is 4. The van der Waals surface area contributed by atoms with Gasteiger partial charge in [0.2, 0.25) is 0 Å². The molecule has 1 atom stereocenters. The zero-order chi connectivity index (χ0) is 10.5. The minimum Gasteiger partial charge on any atom is -0.313 e. The zero-order valence-corrected chi connectivity index (χ0v) is 10.4. The molecule has 0 aromatic carbocycles. The standard InChI is InChI=1S/C10H15N3S2/c1-14-10-12-6-4-9(13-10)15-7-8-3-2-5-11-8/h4,6,8,11H,2-3,5,7H2,1H3/t8-/m1/s1. The van der Waals surface area contributed by atoms with Crippen molar-refractivity contribution in [2.45, 2.75) is 29.1 Å². The Morgan fingerprint density at radius 1 is 1.60 bits per heavy atom. The van der Waals surface area contributed by atoms with Crippen molar-refractivity contribution >= 4 is 23.5 Å². The van der Waals surface area contributed by atoms with Crippen LogP contribution in [0, 0.1) is 0 Å². The van der Waals surface area contributed by atoms with E-state index in [1.165, 1.54) is 19.4 Å². The first kappa shape index (κ1) is 11.2. The summed E-state index contributed by atoms with van der Waals surface area (Å²) in [5.41, 5.74) is 0. The fourth-order valence-electron chi connectivity index (χ4n) is 1.59. The maximum Gasteiger partial charge on any atom is 0.188 e. The molecule has 2 heterocycles. The molecule has 0 amide bonds. The third-order valence-corrected chi connectivity index (χ3v) is 4.04. The van der Waals surface area contributed by atoms with Crippen LogP contribution in [-0.4, -0.2) is 34.6 Å². The third kappa shape index (κ3) is 3.36. The summed E-state index contributed by atoms with van der Waals surface area (Å²) in [6.07, 6.45) is 6.45. The van der Waals surface area contributed by atoms with Gasteiger partial charge in [-0.15, -0.1) is 11.8 Å². The number of hydrogen-bond acceptors (Lipinski definition) is 5. The van der Waals surface area contributed by atoms with Crippen molar-refractivity contribution in [3.8, 4) is 0 Å². The molecule has 15 heavy (non-hydrogen) atoms. The molecule has 1 saturated heterocycles. The Bertz CT molecular complexity index is 313. The molecule has 0 bridgehead atoms. The lowest BCUT2D eigenvalue weighted by Crippen LogP contribution is -2.23. The van der Waals surface area contributed by atoms with Gasteiger partial charge in [-0.25, -0.2) is 9.97 Å². The van der Waals surface area contributed by atoms with Gasteiger partial charge in [-0.05, 0) is 31.7 Å². The summed E-state index contributed by atoms with van der Waals surface area (Å²) in [7, 11) is 0. The van der Waals surface area contributed by atoms with Crippen LogP contribution in [0.5, 0.6) is 0 Å². The molecule has 1 aromatic heterocycles. The Kier molecular flexibility index (Phi) is 4.29. The van der Waals surface area contributed by atoms with Crippen LogP contribution in [0.25, 0.3) is 0 Å². The lowest BCUT2D eigenvalue weighted by Gasteiger charge is -2.08. The third-order valence-electron chi connectivity index (χ3n) is 2.39. The summed E-state index contributed by atoms with van der Waals surface area (Å²) in [5.74, 6) is 1.12. The smallest absolute Gasteiger partial charge is 0.188 e. The number of hydrogen-bond donors (Lipinski definition) is 1. The molecule has 0 unspecified atom stereocenters. The Morgan fingerprint density at radius 3 is 3.27 bits per heavy atom. The molecule has 0 aliphatic carbocycles. The van der Waals surface area contributed by atoms with E-state index < -0.39 is 0 Å². The average Bonchev–Trinajstić information content (AvgIpc) is 2.79. The van der Waals surface area contributed by atoms with Crippen LogP contribution in [0.3, 0.4) is 0 Å². The maximum atomic E-state index is 4.44. The molecule has 1 aliphatic rings. The highest BCUT2D eigenvalue weighted by Gasteiger charge is 2.14. The van der Waals surface area contributed by atoms with Gasteiger partial charge in [0.1, 0.15) is 5.03 Å². The zero-order valence-electron chi connectivity index (χ0n) is 8.77. The van der Waals surface area contributed by atoms with E-state index in [0.717, 1.165) is 15.9 Å². The summed E-state index contributed by atoms with van der Waals surface area (Å²) >= 11 is 3.41. The van der Waals surface area contributed by atoms with Crippen molar-refractivity contribution in [2.24, 2.45) is 0 Å². The Labute approximate surface area is 98.9 Å². The van der Waals surface area contributed by atoms with E-state index in [1.54, 1.807) is 11.8 Å². The number of aromatic nitrogens is 2. The van der Waals surface area contributed by atoms with Gasteiger partial charge in [0.25, 0.3) is 0 Å². The molecule has 5 heteroatoms. The van der Waals surface area contributed by atoms with Gasteiger partial charge in [-0.3, -0.25) is 0 Å². The Hall–Kier alpha value is -0.260. The van der Waals surface area contributed by atoms with Crippen LogP contribution in [0.1, 0.15) is 12.8 Å². The molecule has 1 aromatic rings. The van der Waals surface area contributed by atoms with Crippen LogP contribution in [0.4, 0.5) is 0 Å². The lowest BCUT2D eigenvalue weighted by molar-refractivity contribution is 0.673. The van der Waals surface area contributed by atoms with E-state index in [1.807, 2.05) is 30.3 Å². The quantitative estimate of drug-likeness (QED) is 0.496. The van der Waals surface area contributed by atoms with Crippen molar-refractivity contribution < 1.29 is 0 Å². The van der Waals surface area contributed by atoms with Crippen LogP contribution >= 0.6 is 23.5 Å². The summed E-state index contributed by atoms with van der Waals surface area (Å²) in [6, 6.07) is 2.65. The molecule has 0 radical (unpaired) electrons. The minimum atomic E-state index is 0.669. The van der Waals surface area contributed by atoms with Crippen molar-refractivity contribution in [3.63, 3.8) is 0 Å². The van der Waals surface area contributed by atoms with Crippen LogP contribution in [-0.2, 0) is 0 Å². The molecule has 1 N–H and O–H groups in total. The predicted octanol–water partition coefficient (Wildman–Crippen LogP) is 2.04. The van der Waals surface area contributed by atoms with E-state index in [0.29, 0.717) is 6.04 Å². The van der Waals surface area contributed by atoms with Crippen LogP contribution < -0.4 is 5.32 Å². The molecule has 2 rings (SSSR count). The molecule has 1 fully saturated rings. The van der Waals surface area contributed by atoms with Crippen molar-refractivity contribution in [1.29, 1.82) is 0 Å². The highest BCUT2D eigenvalue weighted by molar-refractivity contribution is 7.99. The van der Waals surface area contributed by atoms with Crippen LogP contribution in [0.15, 0.2) is 22.4 Å². The van der Waals surface area contributed by atoms with Crippen LogP contribution in [0.2, 0.25) is 0 Å². The SMILES string of the molecule is CSc1nccc(SC[C@H]2CCCN2)n1. The van der Waals surface area contributed by atoms with E-state index in [-0.39, 0.29) is 0 Å². The van der Waals surface area contributed by atoms with Gasteiger partial charge in [0.15, 0.2) is 5.16 Å². The molecular weight excluding hydrogens is 226 g/mol. The number of nitrogens with zero attached hydrogens (tertiary/aromatic N) is 2. The second-order valence-electron chi connectivity index (χ2n) is 3.49. The van der Waals surface area contributed by atoms with Gasteiger partial charge >= 0.3 is 0 Å². The molecular formula is C10H15N3S2. The van der Waals surface area contributed by atoms with E-state index >= 15 is 0 Å².